The maximum Gasteiger partial charge on any atom is 0.177 e. The largest absolute Gasteiger partial charge is 0.393 e. The van der Waals surface area contributed by atoms with E-state index in [4.69, 9.17) is 15.9 Å². The molecular formula is C9H20N2O3. The molecule has 14 heavy (non-hydrogen) atoms. The van der Waals surface area contributed by atoms with Crippen molar-refractivity contribution in [1.82, 2.24) is 5.32 Å². The zero-order chi connectivity index (χ0) is 10.8. The predicted molar refractivity (Wildman–Crippen MR) is 53.9 cm³/mol. The van der Waals surface area contributed by atoms with Crippen molar-refractivity contribution in [1.29, 1.82) is 0 Å². The lowest BCUT2D eigenvalue weighted by Gasteiger charge is -2.07. The van der Waals surface area contributed by atoms with E-state index in [2.05, 4.69) is 5.32 Å². The monoisotopic (exact) mass is 204 g/mol. The Morgan fingerprint density at radius 2 is 2.07 bits per heavy atom. The van der Waals surface area contributed by atoms with Gasteiger partial charge in [0, 0.05) is 0 Å². The van der Waals surface area contributed by atoms with Gasteiger partial charge in [0.05, 0.1) is 13.2 Å². The molecular weight excluding hydrogens is 184 g/mol. The summed E-state index contributed by atoms with van der Waals surface area (Å²) in [7, 11) is 0. The molecule has 0 aromatic heterocycles. The number of hydrogen-bond donors (Lipinski definition) is 4. The fourth-order valence-electron chi connectivity index (χ4n) is 1.00. The standard InChI is InChI=1S/C9H20N2O3/c10-4-2-1-3-5-11-6-8(13)9(14)7-12/h9,11-12,14H,1-7,10H2/t9-/m1/s1. The third kappa shape index (κ3) is 6.97. The highest BCUT2D eigenvalue weighted by Gasteiger charge is 2.11. The van der Waals surface area contributed by atoms with Crippen molar-refractivity contribution < 1.29 is 15.0 Å². The van der Waals surface area contributed by atoms with Crippen LogP contribution >= 0.6 is 0 Å². The number of unbranched alkanes of at least 4 members (excludes halogenated alkanes) is 2. The van der Waals surface area contributed by atoms with Gasteiger partial charge in [0.2, 0.25) is 0 Å². The van der Waals surface area contributed by atoms with E-state index in [1.165, 1.54) is 0 Å². The predicted octanol–water partition coefficient (Wildman–Crippen LogP) is -1.37. The molecule has 0 radical (unpaired) electrons. The van der Waals surface area contributed by atoms with E-state index >= 15 is 0 Å². The molecule has 0 amide bonds. The molecule has 1 atom stereocenters. The summed E-state index contributed by atoms with van der Waals surface area (Å²) in [6, 6.07) is 0. The molecule has 0 aliphatic carbocycles. The zero-order valence-corrected chi connectivity index (χ0v) is 8.41. The maximum atomic E-state index is 11.0. The Balaban J connectivity index is 3.23. The molecule has 0 aliphatic heterocycles. The highest BCUT2D eigenvalue weighted by Crippen LogP contribution is 1.91. The molecule has 0 spiro atoms. The third-order valence-corrected chi connectivity index (χ3v) is 1.90. The number of carbonyl (C=O) groups excluding carboxylic acids is 1. The van der Waals surface area contributed by atoms with E-state index < -0.39 is 12.7 Å². The Bertz CT molecular complexity index is 153. The van der Waals surface area contributed by atoms with Crippen LogP contribution < -0.4 is 11.1 Å². The second kappa shape index (κ2) is 9.08. The highest BCUT2D eigenvalue weighted by atomic mass is 16.3. The quantitative estimate of drug-likeness (QED) is 0.347. The SMILES string of the molecule is NCCCCCNCC(=O)[C@H](O)CO. The van der Waals surface area contributed by atoms with Gasteiger partial charge in [0.25, 0.3) is 0 Å². The van der Waals surface area contributed by atoms with Crippen LogP contribution in [0.3, 0.4) is 0 Å². The van der Waals surface area contributed by atoms with Gasteiger partial charge < -0.3 is 21.3 Å². The van der Waals surface area contributed by atoms with Gasteiger partial charge in [0.1, 0.15) is 6.10 Å². The first-order valence-electron chi connectivity index (χ1n) is 4.94. The van der Waals surface area contributed by atoms with Gasteiger partial charge in [-0.25, -0.2) is 0 Å². The number of ketones is 1. The lowest BCUT2D eigenvalue weighted by Crippen LogP contribution is -2.34. The van der Waals surface area contributed by atoms with Crippen LogP contribution in [-0.2, 0) is 4.79 Å². The van der Waals surface area contributed by atoms with Crippen molar-refractivity contribution in [2.75, 3.05) is 26.2 Å². The minimum Gasteiger partial charge on any atom is -0.393 e. The summed E-state index contributed by atoms with van der Waals surface area (Å²) in [5.74, 6) is -0.369. The maximum absolute atomic E-state index is 11.0. The molecule has 0 aromatic rings. The second-order valence-corrected chi connectivity index (χ2v) is 3.19. The Morgan fingerprint density at radius 3 is 2.64 bits per heavy atom. The number of nitrogens with two attached hydrogens (primary N) is 1. The summed E-state index contributed by atoms with van der Waals surface area (Å²) in [5, 5.41) is 20.3. The van der Waals surface area contributed by atoms with Crippen LogP contribution in [0.4, 0.5) is 0 Å². The van der Waals surface area contributed by atoms with E-state index in [1.807, 2.05) is 0 Å². The van der Waals surface area contributed by atoms with Crippen molar-refractivity contribution in [3.05, 3.63) is 0 Å². The lowest BCUT2D eigenvalue weighted by molar-refractivity contribution is -0.128. The first-order chi connectivity index (χ1) is 6.72. The second-order valence-electron chi connectivity index (χ2n) is 3.19. The fourth-order valence-corrected chi connectivity index (χ4v) is 1.00. The molecule has 0 fully saturated rings. The van der Waals surface area contributed by atoms with Crippen LogP contribution in [-0.4, -0.2) is 48.3 Å². The van der Waals surface area contributed by atoms with Gasteiger partial charge in [-0.2, -0.15) is 0 Å². The molecule has 0 rings (SSSR count). The summed E-state index contributed by atoms with van der Waals surface area (Å²) >= 11 is 0. The van der Waals surface area contributed by atoms with Crippen molar-refractivity contribution in [3.8, 4) is 0 Å². The number of hydrogen-bond acceptors (Lipinski definition) is 5. The van der Waals surface area contributed by atoms with Gasteiger partial charge in [-0.1, -0.05) is 6.42 Å². The van der Waals surface area contributed by atoms with E-state index in [0.29, 0.717) is 6.54 Å². The molecule has 5 heteroatoms. The molecule has 0 saturated heterocycles. The molecule has 5 nitrogen and oxygen atoms in total. The first kappa shape index (κ1) is 13.5. The number of aliphatic hydroxyl groups is 2. The number of Topliss-reactive ketones (excluding diaryl/α,β-unsaturated/α-hetero) is 1. The smallest absolute Gasteiger partial charge is 0.177 e. The average Bonchev–Trinajstić information content (AvgIpc) is 2.21. The first-order valence-corrected chi connectivity index (χ1v) is 4.94. The van der Waals surface area contributed by atoms with Crippen LogP contribution in [0.25, 0.3) is 0 Å². The normalized spacial score (nSPS) is 12.8. The summed E-state index contributed by atoms with van der Waals surface area (Å²) in [4.78, 5) is 11.0. The van der Waals surface area contributed by atoms with Gasteiger partial charge >= 0.3 is 0 Å². The Morgan fingerprint density at radius 1 is 1.36 bits per heavy atom. The minimum absolute atomic E-state index is 0.115. The Labute approximate surface area is 84.3 Å². The third-order valence-electron chi connectivity index (χ3n) is 1.90. The number of nitrogens with one attached hydrogen (secondary N) is 1. The van der Waals surface area contributed by atoms with Gasteiger partial charge in [-0.3, -0.25) is 4.79 Å². The number of rotatable bonds is 9. The van der Waals surface area contributed by atoms with Gasteiger partial charge in [-0.15, -0.1) is 0 Å². The van der Waals surface area contributed by atoms with Crippen molar-refractivity contribution in [2.24, 2.45) is 5.73 Å². The Kier molecular flexibility index (Phi) is 8.76. The van der Waals surface area contributed by atoms with Crippen LogP contribution in [0.15, 0.2) is 0 Å². The molecule has 0 unspecified atom stereocenters. The molecule has 5 N–H and O–H groups in total. The Hall–Kier alpha value is -0.490. The molecule has 0 saturated carbocycles. The molecule has 0 aromatic carbocycles. The fraction of sp³-hybridized carbons (Fsp3) is 0.889. The minimum atomic E-state index is -1.24. The van der Waals surface area contributed by atoms with E-state index in [9.17, 15) is 4.79 Å². The van der Waals surface area contributed by atoms with Crippen molar-refractivity contribution in [3.63, 3.8) is 0 Å². The van der Waals surface area contributed by atoms with E-state index in [0.717, 1.165) is 25.8 Å². The topological polar surface area (TPSA) is 95.6 Å². The van der Waals surface area contributed by atoms with Gasteiger partial charge in [-0.05, 0) is 25.9 Å². The molecule has 0 bridgehead atoms. The van der Waals surface area contributed by atoms with Crippen LogP contribution in [0.2, 0.25) is 0 Å². The summed E-state index contributed by atoms with van der Waals surface area (Å²) < 4.78 is 0. The molecule has 0 aliphatic rings. The van der Waals surface area contributed by atoms with Crippen LogP contribution in [0, 0.1) is 0 Å². The summed E-state index contributed by atoms with van der Waals surface area (Å²) in [5.41, 5.74) is 5.31. The van der Waals surface area contributed by atoms with Gasteiger partial charge in [0.15, 0.2) is 5.78 Å². The lowest BCUT2D eigenvalue weighted by atomic mass is 10.2. The van der Waals surface area contributed by atoms with E-state index in [1.54, 1.807) is 0 Å². The van der Waals surface area contributed by atoms with Crippen LogP contribution in [0.5, 0.6) is 0 Å². The average molecular weight is 204 g/mol. The molecule has 0 heterocycles. The molecule has 84 valence electrons. The summed E-state index contributed by atoms with van der Waals surface area (Å²) in [6.45, 7) is 1.05. The summed E-state index contributed by atoms with van der Waals surface area (Å²) in [6.07, 6.45) is 1.76. The zero-order valence-electron chi connectivity index (χ0n) is 8.41. The van der Waals surface area contributed by atoms with E-state index in [-0.39, 0.29) is 12.3 Å². The van der Waals surface area contributed by atoms with Crippen LogP contribution in [0.1, 0.15) is 19.3 Å². The number of carbonyl (C=O) groups is 1. The van der Waals surface area contributed by atoms with Crippen molar-refractivity contribution in [2.45, 2.75) is 25.4 Å². The van der Waals surface area contributed by atoms with Crippen molar-refractivity contribution >= 4 is 5.78 Å². The number of aliphatic hydroxyl groups excluding tert-OH is 2. The highest BCUT2D eigenvalue weighted by molar-refractivity contribution is 5.84.